The normalized spacial score (nSPS) is 11.3. The van der Waals surface area contributed by atoms with Crippen LogP contribution in [0, 0.1) is 20.8 Å². The molecule has 0 aliphatic heterocycles. The van der Waals surface area contributed by atoms with Crippen LogP contribution in [0.25, 0.3) is 5.69 Å². The maximum atomic E-state index is 11.4. The highest BCUT2D eigenvalue weighted by Crippen LogP contribution is 2.28. The van der Waals surface area contributed by atoms with E-state index in [4.69, 9.17) is 11.6 Å². The van der Waals surface area contributed by atoms with Gasteiger partial charge in [-0.2, -0.15) is 0 Å². The minimum atomic E-state index is -1.05. The molecule has 1 N–H and O–H groups in total. The van der Waals surface area contributed by atoms with Crippen molar-refractivity contribution in [3.63, 3.8) is 0 Å². The highest BCUT2D eigenvalue weighted by Gasteiger charge is 2.14. The zero-order chi connectivity index (χ0) is 19.7. The Hall–Kier alpha value is -2.37. The Morgan fingerprint density at radius 2 is 1.89 bits per heavy atom. The van der Waals surface area contributed by atoms with Crippen molar-refractivity contribution in [1.82, 2.24) is 4.57 Å². The van der Waals surface area contributed by atoms with E-state index in [1.807, 2.05) is 61.9 Å². The molecule has 0 fully saturated rings. The summed E-state index contributed by atoms with van der Waals surface area (Å²) in [6, 6.07) is 13.0. The first-order chi connectivity index (χ1) is 12.8. The van der Waals surface area contributed by atoms with Gasteiger partial charge in [0.25, 0.3) is 0 Å². The summed E-state index contributed by atoms with van der Waals surface area (Å²) >= 11 is 9.53. The molecule has 27 heavy (non-hydrogen) atoms. The molecule has 138 valence electrons. The Balaban J connectivity index is 2.02. The van der Waals surface area contributed by atoms with Gasteiger partial charge in [-0.15, -0.1) is 0 Å². The molecule has 0 spiro atoms. The molecule has 4 nitrogen and oxygen atoms in total. The van der Waals surface area contributed by atoms with E-state index in [-0.39, 0.29) is 10.6 Å². The Morgan fingerprint density at radius 3 is 2.56 bits per heavy atom. The molecule has 0 unspecified atom stereocenters. The molecule has 0 bridgehead atoms. The largest absolute Gasteiger partial charge is 0.478 e. The molecule has 6 heteroatoms. The molecule has 0 aliphatic rings. The van der Waals surface area contributed by atoms with Crippen molar-refractivity contribution in [2.75, 3.05) is 0 Å². The van der Waals surface area contributed by atoms with Crippen LogP contribution in [0.15, 0.2) is 51.9 Å². The molecule has 3 aromatic rings. The van der Waals surface area contributed by atoms with Gasteiger partial charge in [0.1, 0.15) is 0 Å². The summed E-state index contributed by atoms with van der Waals surface area (Å²) in [5, 5.41) is 9.54. The third-order valence-electron chi connectivity index (χ3n) is 4.35. The van der Waals surface area contributed by atoms with Crippen molar-refractivity contribution in [3.05, 3.63) is 80.0 Å². The number of rotatable bonds is 4. The summed E-state index contributed by atoms with van der Waals surface area (Å²) in [6.45, 7) is 5.98. The lowest BCUT2D eigenvalue weighted by molar-refractivity contribution is 0.0697. The van der Waals surface area contributed by atoms with Crippen LogP contribution in [-0.4, -0.2) is 21.9 Å². The third-order valence-corrected chi connectivity index (χ3v) is 5.32. The average Bonchev–Trinajstić information content (AvgIpc) is 2.88. The first kappa shape index (κ1) is 19.4. The number of aliphatic imine (C=N–C) groups is 1. The van der Waals surface area contributed by atoms with Crippen molar-refractivity contribution in [2.45, 2.75) is 20.8 Å². The molecule has 3 rings (SSSR count). The number of carboxylic acids is 1. The highest BCUT2D eigenvalue weighted by atomic mass is 79.9. The van der Waals surface area contributed by atoms with Crippen LogP contribution < -0.4 is 0 Å². The van der Waals surface area contributed by atoms with Crippen LogP contribution in [0.5, 0.6) is 0 Å². The van der Waals surface area contributed by atoms with Gasteiger partial charge in [-0.1, -0.05) is 17.7 Å². The van der Waals surface area contributed by atoms with E-state index in [0.29, 0.717) is 0 Å². The van der Waals surface area contributed by atoms with Gasteiger partial charge in [0.2, 0.25) is 0 Å². The summed E-state index contributed by atoms with van der Waals surface area (Å²) in [5.74, 6) is -1.05. The number of halogens is 2. The second-order valence-corrected chi connectivity index (χ2v) is 7.61. The van der Waals surface area contributed by atoms with Crippen LogP contribution in [0.4, 0.5) is 5.69 Å². The highest BCUT2D eigenvalue weighted by molar-refractivity contribution is 9.10. The van der Waals surface area contributed by atoms with Crippen molar-refractivity contribution >= 4 is 45.4 Å². The number of hydrogen-bond donors (Lipinski definition) is 1. The lowest BCUT2D eigenvalue weighted by Gasteiger charge is -2.11. The molecule has 0 saturated carbocycles. The van der Waals surface area contributed by atoms with Gasteiger partial charge < -0.3 is 9.67 Å². The van der Waals surface area contributed by atoms with Crippen molar-refractivity contribution in [1.29, 1.82) is 0 Å². The lowest BCUT2D eigenvalue weighted by Crippen LogP contribution is -2.03. The number of nitrogens with zero attached hydrogens (tertiary/aromatic N) is 2. The smallest absolute Gasteiger partial charge is 0.337 e. The van der Waals surface area contributed by atoms with Crippen molar-refractivity contribution in [3.8, 4) is 5.69 Å². The predicted octanol–water partition coefficient (Wildman–Crippen LogP) is 6.27. The van der Waals surface area contributed by atoms with Crippen molar-refractivity contribution < 1.29 is 9.90 Å². The van der Waals surface area contributed by atoms with Crippen LogP contribution in [0.1, 0.15) is 32.9 Å². The molecule has 0 saturated heterocycles. The number of aryl methyl sites for hydroxylation is 2. The SMILES string of the molecule is Cc1ccc(N=Cc2cc(C)n(-c3ccc(Cl)c(C(=O)O)c3)c2C)c(Br)c1. The third kappa shape index (κ3) is 3.99. The second-order valence-electron chi connectivity index (χ2n) is 6.34. The molecular formula is C21H18BrClN2O2. The number of carboxylic acid groups (broad SMARTS) is 1. The Kier molecular flexibility index (Phi) is 5.53. The zero-order valence-corrected chi connectivity index (χ0v) is 17.5. The fraction of sp³-hybridized carbons (Fsp3) is 0.143. The number of benzene rings is 2. The monoisotopic (exact) mass is 444 g/mol. The first-order valence-electron chi connectivity index (χ1n) is 8.30. The van der Waals surface area contributed by atoms with E-state index in [0.717, 1.165) is 38.4 Å². The minimum absolute atomic E-state index is 0.0838. The van der Waals surface area contributed by atoms with Crippen LogP contribution in [0.3, 0.4) is 0 Å². The van der Waals surface area contributed by atoms with Gasteiger partial charge >= 0.3 is 5.97 Å². The Morgan fingerprint density at radius 1 is 1.15 bits per heavy atom. The fourth-order valence-corrected chi connectivity index (χ4v) is 3.78. The zero-order valence-electron chi connectivity index (χ0n) is 15.1. The quantitative estimate of drug-likeness (QED) is 0.481. The molecule has 0 atom stereocenters. The van der Waals surface area contributed by atoms with E-state index in [1.165, 1.54) is 0 Å². The van der Waals surface area contributed by atoms with E-state index in [2.05, 4.69) is 20.9 Å². The summed E-state index contributed by atoms with van der Waals surface area (Å²) in [4.78, 5) is 16.0. The lowest BCUT2D eigenvalue weighted by atomic mass is 10.2. The van der Waals surface area contributed by atoms with E-state index in [9.17, 15) is 9.90 Å². The minimum Gasteiger partial charge on any atom is -0.478 e. The molecular weight excluding hydrogens is 428 g/mol. The molecule has 1 aromatic heterocycles. The van der Waals surface area contributed by atoms with Crippen LogP contribution in [0.2, 0.25) is 5.02 Å². The van der Waals surface area contributed by atoms with E-state index < -0.39 is 5.97 Å². The fourth-order valence-electron chi connectivity index (χ4n) is 2.99. The van der Waals surface area contributed by atoms with Crippen molar-refractivity contribution in [2.24, 2.45) is 4.99 Å². The maximum absolute atomic E-state index is 11.4. The summed E-state index contributed by atoms with van der Waals surface area (Å²) in [5.41, 5.74) is 5.77. The Bertz CT molecular complexity index is 1070. The molecule has 0 amide bonds. The van der Waals surface area contributed by atoms with E-state index >= 15 is 0 Å². The number of aromatic nitrogens is 1. The van der Waals surface area contributed by atoms with Gasteiger partial charge in [-0.3, -0.25) is 4.99 Å². The predicted molar refractivity (Wildman–Crippen MR) is 113 cm³/mol. The van der Waals surface area contributed by atoms with Crippen LogP contribution in [-0.2, 0) is 0 Å². The Labute approximate surface area is 171 Å². The van der Waals surface area contributed by atoms with Gasteiger partial charge in [0.15, 0.2) is 0 Å². The van der Waals surface area contributed by atoms with Gasteiger partial charge in [0.05, 0.1) is 16.3 Å². The molecule has 0 aliphatic carbocycles. The van der Waals surface area contributed by atoms with Crippen LogP contribution >= 0.6 is 27.5 Å². The molecule has 0 radical (unpaired) electrons. The maximum Gasteiger partial charge on any atom is 0.337 e. The standard InChI is InChI=1S/C21H18BrClN2O2/c1-12-4-7-20(18(22)8-12)24-11-15-9-13(2)25(14(15)3)16-5-6-19(23)17(10-16)21(26)27/h4-11H,1-3H3,(H,26,27). The summed E-state index contributed by atoms with van der Waals surface area (Å²) < 4.78 is 2.94. The van der Waals surface area contributed by atoms with Gasteiger partial charge in [0, 0.05) is 33.3 Å². The average molecular weight is 446 g/mol. The first-order valence-corrected chi connectivity index (χ1v) is 9.47. The second kappa shape index (κ2) is 7.71. The number of carbonyl (C=O) groups is 1. The molecule has 1 heterocycles. The number of hydrogen-bond acceptors (Lipinski definition) is 2. The van der Waals surface area contributed by atoms with Gasteiger partial charge in [-0.25, -0.2) is 4.79 Å². The topological polar surface area (TPSA) is 54.6 Å². The summed E-state index contributed by atoms with van der Waals surface area (Å²) in [7, 11) is 0. The van der Waals surface area contributed by atoms with Gasteiger partial charge in [-0.05, 0) is 78.7 Å². The molecule has 2 aromatic carbocycles. The van der Waals surface area contributed by atoms with E-state index in [1.54, 1.807) is 12.1 Å². The summed E-state index contributed by atoms with van der Waals surface area (Å²) in [6.07, 6.45) is 1.82. The number of aromatic carboxylic acids is 1.